The van der Waals surface area contributed by atoms with Gasteiger partial charge in [0.1, 0.15) is 30.2 Å². The van der Waals surface area contributed by atoms with E-state index in [4.69, 9.17) is 24.7 Å². The summed E-state index contributed by atoms with van der Waals surface area (Å²) in [6.45, 7) is 0.162. The summed E-state index contributed by atoms with van der Waals surface area (Å²) in [6, 6.07) is 6.70. The minimum absolute atomic E-state index is 0.162. The van der Waals surface area contributed by atoms with Crippen LogP contribution in [-0.4, -0.2) is 61.7 Å². The number of benzene rings is 1. The highest BCUT2D eigenvalue weighted by molar-refractivity contribution is 5.41. The molecule has 7 nitrogen and oxygen atoms in total. The molecule has 5 atom stereocenters. The van der Waals surface area contributed by atoms with E-state index in [9.17, 15) is 10.2 Å². The maximum atomic E-state index is 10.2. The number of hydrogen-bond donors (Lipinski definition) is 3. The minimum atomic E-state index is -1.13. The Kier molecular flexibility index (Phi) is 5.38. The quantitative estimate of drug-likeness (QED) is 0.644. The summed E-state index contributed by atoms with van der Waals surface area (Å²) in [7, 11) is 2.91. The van der Waals surface area contributed by atoms with Crippen molar-refractivity contribution in [3.63, 3.8) is 0 Å². The van der Waals surface area contributed by atoms with Gasteiger partial charge in [-0.25, -0.2) is 0 Å². The van der Waals surface area contributed by atoms with Crippen molar-refractivity contribution in [2.24, 2.45) is 0 Å². The summed E-state index contributed by atoms with van der Waals surface area (Å²) in [4.78, 5) is 0. The smallest absolute Gasteiger partial charge is 0.229 e. The van der Waals surface area contributed by atoms with Gasteiger partial charge in [-0.15, -0.1) is 0 Å². The zero-order valence-corrected chi connectivity index (χ0v) is 12.0. The van der Waals surface area contributed by atoms with Crippen LogP contribution < -0.4 is 10.5 Å². The van der Waals surface area contributed by atoms with E-state index < -0.39 is 30.7 Å². The molecular weight excluding hydrogens is 278 g/mol. The predicted molar refractivity (Wildman–Crippen MR) is 74.8 cm³/mol. The van der Waals surface area contributed by atoms with Crippen molar-refractivity contribution in [3.05, 3.63) is 24.3 Å². The van der Waals surface area contributed by atoms with E-state index in [1.807, 2.05) is 0 Å². The molecule has 1 heterocycles. The monoisotopic (exact) mass is 299 g/mol. The van der Waals surface area contributed by atoms with Crippen LogP contribution in [0.5, 0.6) is 5.75 Å². The Morgan fingerprint density at radius 1 is 1.14 bits per heavy atom. The van der Waals surface area contributed by atoms with Crippen molar-refractivity contribution in [1.82, 2.24) is 0 Å². The molecule has 1 aliphatic heterocycles. The van der Waals surface area contributed by atoms with Crippen molar-refractivity contribution in [1.29, 1.82) is 0 Å². The fraction of sp³-hybridized carbons (Fsp3) is 0.571. The summed E-state index contributed by atoms with van der Waals surface area (Å²) in [5, 5.41) is 20.3. The largest absolute Gasteiger partial charge is 0.462 e. The van der Waals surface area contributed by atoms with Crippen molar-refractivity contribution in [2.75, 3.05) is 26.6 Å². The second kappa shape index (κ2) is 7.06. The number of ether oxygens (including phenoxy) is 4. The van der Waals surface area contributed by atoms with E-state index in [0.29, 0.717) is 11.4 Å². The Hall–Kier alpha value is -1.38. The molecular formula is C14H21NO6. The average Bonchev–Trinajstić information content (AvgIpc) is 2.47. The molecule has 0 spiro atoms. The molecule has 0 unspecified atom stereocenters. The Morgan fingerprint density at radius 3 is 2.38 bits per heavy atom. The van der Waals surface area contributed by atoms with Gasteiger partial charge in [-0.2, -0.15) is 0 Å². The molecule has 1 aliphatic rings. The molecule has 0 aromatic heterocycles. The van der Waals surface area contributed by atoms with Crippen LogP contribution in [0.25, 0.3) is 0 Å². The molecule has 4 N–H and O–H groups in total. The average molecular weight is 299 g/mol. The first-order chi connectivity index (χ1) is 10.1. The third kappa shape index (κ3) is 3.63. The van der Waals surface area contributed by atoms with E-state index in [-0.39, 0.29) is 6.61 Å². The molecule has 1 aromatic carbocycles. The van der Waals surface area contributed by atoms with Gasteiger partial charge in [0.05, 0.1) is 6.61 Å². The second-order valence-electron chi connectivity index (χ2n) is 4.87. The predicted octanol–water partition coefficient (Wildman–Crippen LogP) is -0.244. The van der Waals surface area contributed by atoms with Gasteiger partial charge in [0, 0.05) is 19.9 Å². The lowest BCUT2D eigenvalue weighted by molar-refractivity contribution is -0.283. The number of methoxy groups -OCH3 is 2. The first-order valence-electron chi connectivity index (χ1n) is 6.62. The molecule has 21 heavy (non-hydrogen) atoms. The Bertz CT molecular complexity index is 440. The minimum Gasteiger partial charge on any atom is -0.462 e. The van der Waals surface area contributed by atoms with Gasteiger partial charge in [0.15, 0.2) is 0 Å². The summed E-state index contributed by atoms with van der Waals surface area (Å²) in [5.74, 6) is 0.496. The lowest BCUT2D eigenvalue weighted by Crippen LogP contribution is -2.60. The van der Waals surface area contributed by atoms with E-state index >= 15 is 0 Å². The molecule has 118 valence electrons. The van der Waals surface area contributed by atoms with Gasteiger partial charge in [0.25, 0.3) is 0 Å². The molecule has 1 saturated heterocycles. The number of aliphatic hydroxyl groups is 2. The van der Waals surface area contributed by atoms with Crippen molar-refractivity contribution in [2.45, 2.75) is 30.7 Å². The zero-order chi connectivity index (χ0) is 15.4. The molecule has 1 aromatic rings. The normalized spacial score (nSPS) is 32.9. The lowest BCUT2D eigenvalue weighted by atomic mass is 9.99. The topological polar surface area (TPSA) is 103 Å². The van der Waals surface area contributed by atoms with E-state index in [1.54, 1.807) is 24.3 Å². The first-order valence-corrected chi connectivity index (χ1v) is 6.62. The molecule has 7 heteroatoms. The Balaban J connectivity index is 2.11. The molecule has 2 rings (SSSR count). The summed E-state index contributed by atoms with van der Waals surface area (Å²) in [6.07, 6.45) is -4.58. The second-order valence-corrected chi connectivity index (χ2v) is 4.87. The third-order valence-electron chi connectivity index (χ3n) is 3.38. The van der Waals surface area contributed by atoms with Crippen molar-refractivity contribution < 1.29 is 29.2 Å². The zero-order valence-electron chi connectivity index (χ0n) is 12.0. The van der Waals surface area contributed by atoms with Crippen LogP contribution in [0.3, 0.4) is 0 Å². The van der Waals surface area contributed by atoms with Gasteiger partial charge in [-0.1, -0.05) is 0 Å². The number of nitrogen functional groups attached to an aromatic ring is 1. The van der Waals surface area contributed by atoms with Crippen LogP contribution in [0, 0.1) is 0 Å². The highest BCUT2D eigenvalue weighted by atomic mass is 16.7. The number of nitrogens with two attached hydrogens (primary N) is 1. The van der Waals surface area contributed by atoms with Crippen LogP contribution in [0.2, 0.25) is 0 Å². The van der Waals surface area contributed by atoms with Crippen LogP contribution in [0.4, 0.5) is 5.69 Å². The fourth-order valence-corrected chi connectivity index (χ4v) is 2.26. The maximum absolute atomic E-state index is 10.2. The van der Waals surface area contributed by atoms with Crippen molar-refractivity contribution in [3.8, 4) is 5.75 Å². The van der Waals surface area contributed by atoms with Gasteiger partial charge < -0.3 is 34.9 Å². The van der Waals surface area contributed by atoms with E-state index in [0.717, 1.165) is 0 Å². The van der Waals surface area contributed by atoms with Crippen molar-refractivity contribution >= 4 is 5.69 Å². The van der Waals surface area contributed by atoms with Crippen LogP contribution in [0.15, 0.2) is 24.3 Å². The number of rotatable bonds is 5. The Labute approximate surface area is 123 Å². The molecule has 0 saturated carbocycles. The number of anilines is 1. The lowest BCUT2D eigenvalue weighted by Gasteiger charge is -2.41. The highest BCUT2D eigenvalue weighted by Gasteiger charge is 2.46. The number of aliphatic hydroxyl groups excluding tert-OH is 2. The summed E-state index contributed by atoms with van der Waals surface area (Å²) >= 11 is 0. The SMILES string of the molecule is COC[C@H]1O[C@H](Oc2ccc(N)cc2)[C@H](O)[C@@H](OC)[C@H]1O. The molecule has 0 radical (unpaired) electrons. The highest BCUT2D eigenvalue weighted by Crippen LogP contribution is 2.26. The molecule has 0 bridgehead atoms. The summed E-state index contributed by atoms with van der Waals surface area (Å²) in [5.41, 5.74) is 6.21. The molecule has 0 aliphatic carbocycles. The van der Waals surface area contributed by atoms with Gasteiger partial charge in [0.2, 0.25) is 6.29 Å². The fourth-order valence-electron chi connectivity index (χ4n) is 2.26. The van der Waals surface area contributed by atoms with Gasteiger partial charge >= 0.3 is 0 Å². The van der Waals surface area contributed by atoms with Gasteiger partial charge in [-0.05, 0) is 24.3 Å². The van der Waals surface area contributed by atoms with Crippen LogP contribution in [0.1, 0.15) is 0 Å². The van der Waals surface area contributed by atoms with E-state index in [1.165, 1.54) is 14.2 Å². The first kappa shape index (κ1) is 16.0. The summed E-state index contributed by atoms with van der Waals surface area (Å²) < 4.78 is 21.3. The van der Waals surface area contributed by atoms with Crippen LogP contribution in [-0.2, 0) is 14.2 Å². The van der Waals surface area contributed by atoms with E-state index in [2.05, 4.69) is 0 Å². The van der Waals surface area contributed by atoms with Crippen LogP contribution >= 0.6 is 0 Å². The Morgan fingerprint density at radius 2 is 1.81 bits per heavy atom. The molecule has 0 amide bonds. The van der Waals surface area contributed by atoms with Gasteiger partial charge in [-0.3, -0.25) is 0 Å². The molecule has 1 fully saturated rings. The number of hydrogen-bond acceptors (Lipinski definition) is 7. The standard InChI is InChI=1S/C14H21NO6/c1-18-7-10-11(16)13(19-2)12(17)14(21-10)20-9-5-3-8(15)4-6-9/h3-6,10-14,16-17H,7,15H2,1-2H3/t10-,11+,12-,13+,14+/m1/s1. The maximum Gasteiger partial charge on any atom is 0.229 e. The third-order valence-corrected chi connectivity index (χ3v) is 3.38.